The van der Waals surface area contributed by atoms with Crippen LogP contribution in [0.1, 0.15) is 41.0 Å². The highest BCUT2D eigenvalue weighted by molar-refractivity contribution is 6.32. The number of nitrogens with two attached hydrogens (primary N) is 1. The highest BCUT2D eigenvalue weighted by Gasteiger charge is 2.27. The molecule has 1 aromatic rings. The van der Waals surface area contributed by atoms with Gasteiger partial charge in [0, 0.05) is 11.2 Å². The number of anilines is 2. The van der Waals surface area contributed by atoms with E-state index in [1.807, 2.05) is 13.8 Å². The van der Waals surface area contributed by atoms with Crippen LogP contribution in [0.4, 0.5) is 16.2 Å². The first-order valence-corrected chi connectivity index (χ1v) is 7.15. The van der Waals surface area contributed by atoms with Crippen LogP contribution in [-0.4, -0.2) is 16.7 Å². The number of carbonyl (C=O) groups is 1. The predicted octanol–water partition coefficient (Wildman–Crippen LogP) is 3.96. The van der Waals surface area contributed by atoms with Crippen molar-refractivity contribution >= 4 is 29.0 Å². The van der Waals surface area contributed by atoms with Crippen molar-refractivity contribution in [3.8, 4) is 5.75 Å². The van der Waals surface area contributed by atoms with E-state index in [1.54, 1.807) is 0 Å². The smallest absolute Gasteiger partial charge is 0.319 e. The van der Waals surface area contributed by atoms with Gasteiger partial charge in [-0.25, -0.2) is 4.79 Å². The zero-order chi connectivity index (χ0) is 16.4. The van der Waals surface area contributed by atoms with Gasteiger partial charge in [-0.15, -0.1) is 0 Å². The minimum Gasteiger partial charge on any atom is -0.504 e. The summed E-state index contributed by atoms with van der Waals surface area (Å²) in [6.45, 7) is 10.3. The normalized spacial score (nSPS) is 12.1. The van der Waals surface area contributed by atoms with Gasteiger partial charge in [-0.05, 0) is 37.8 Å². The lowest BCUT2D eigenvalue weighted by Gasteiger charge is -2.33. The van der Waals surface area contributed by atoms with Gasteiger partial charge >= 0.3 is 6.03 Å². The number of hydrogen-bond acceptors (Lipinski definition) is 3. The summed E-state index contributed by atoms with van der Waals surface area (Å²) in [5.74, 6) is -0.185. The minimum atomic E-state index is -0.353. The molecule has 0 saturated carbocycles. The van der Waals surface area contributed by atoms with Crippen molar-refractivity contribution in [1.29, 1.82) is 0 Å². The molecule has 5 N–H and O–H groups in total. The van der Waals surface area contributed by atoms with Crippen LogP contribution in [0.2, 0.25) is 5.02 Å². The molecule has 1 aromatic carbocycles. The number of rotatable bonds is 3. The summed E-state index contributed by atoms with van der Waals surface area (Å²) >= 11 is 5.82. The van der Waals surface area contributed by atoms with E-state index < -0.39 is 0 Å². The van der Waals surface area contributed by atoms with Gasteiger partial charge in [0.1, 0.15) is 0 Å². The third-order valence-electron chi connectivity index (χ3n) is 2.77. The molecule has 0 saturated heterocycles. The Balaban J connectivity index is 2.74. The van der Waals surface area contributed by atoms with E-state index in [9.17, 15) is 9.90 Å². The van der Waals surface area contributed by atoms with E-state index >= 15 is 0 Å². The molecule has 0 spiro atoms. The van der Waals surface area contributed by atoms with Crippen molar-refractivity contribution in [3.05, 3.63) is 17.2 Å². The van der Waals surface area contributed by atoms with Crippen LogP contribution in [0, 0.1) is 5.41 Å². The molecule has 2 amide bonds. The maximum Gasteiger partial charge on any atom is 0.319 e. The number of aromatic hydroxyl groups is 1. The van der Waals surface area contributed by atoms with Crippen LogP contribution in [0.25, 0.3) is 0 Å². The molecule has 0 aliphatic carbocycles. The first-order chi connectivity index (χ1) is 9.39. The molecule has 0 atom stereocenters. The van der Waals surface area contributed by atoms with Crippen molar-refractivity contribution in [1.82, 2.24) is 5.32 Å². The van der Waals surface area contributed by atoms with E-state index in [2.05, 4.69) is 31.4 Å². The maximum atomic E-state index is 12.1. The Labute approximate surface area is 130 Å². The van der Waals surface area contributed by atoms with Gasteiger partial charge in [-0.2, -0.15) is 0 Å². The van der Waals surface area contributed by atoms with Crippen LogP contribution in [-0.2, 0) is 0 Å². The molecule has 0 aliphatic heterocycles. The van der Waals surface area contributed by atoms with E-state index in [1.165, 1.54) is 12.1 Å². The van der Waals surface area contributed by atoms with Crippen LogP contribution >= 0.6 is 11.6 Å². The zero-order valence-electron chi connectivity index (χ0n) is 13.2. The molecule has 1 rings (SSSR count). The molecule has 0 heterocycles. The third-order valence-corrected chi connectivity index (χ3v) is 3.06. The Bertz CT molecular complexity index is 513. The minimum absolute atomic E-state index is 0.0965. The second kappa shape index (κ2) is 6.02. The number of hydrogen-bond donors (Lipinski definition) is 4. The fourth-order valence-corrected chi connectivity index (χ4v) is 2.76. The monoisotopic (exact) mass is 313 g/mol. The molecular weight excluding hydrogens is 290 g/mol. The third kappa shape index (κ3) is 5.71. The number of halogens is 1. The number of urea groups is 1. The predicted molar refractivity (Wildman–Crippen MR) is 87.8 cm³/mol. The summed E-state index contributed by atoms with van der Waals surface area (Å²) in [5, 5.41) is 15.2. The number of phenols is 1. The van der Waals surface area contributed by atoms with Gasteiger partial charge in [0.25, 0.3) is 0 Å². The molecule has 0 radical (unpaired) electrons. The first-order valence-electron chi connectivity index (χ1n) is 6.77. The SMILES string of the molecule is CC(C)(C)CC(C)(C)NC(=O)Nc1cc(N)c(O)c(Cl)c1. The van der Waals surface area contributed by atoms with Crippen LogP contribution in [0.5, 0.6) is 5.75 Å². The summed E-state index contributed by atoms with van der Waals surface area (Å²) in [7, 11) is 0. The van der Waals surface area contributed by atoms with E-state index in [4.69, 9.17) is 17.3 Å². The molecule has 21 heavy (non-hydrogen) atoms. The second-order valence-corrected chi connectivity index (χ2v) is 7.50. The summed E-state index contributed by atoms with van der Waals surface area (Å²) < 4.78 is 0. The van der Waals surface area contributed by atoms with Gasteiger partial charge in [-0.1, -0.05) is 32.4 Å². The fraction of sp³-hybridized carbons (Fsp3) is 0.533. The Morgan fingerprint density at radius 1 is 1.29 bits per heavy atom. The summed E-state index contributed by atoms with van der Waals surface area (Å²) in [5.41, 5.74) is 5.90. The second-order valence-electron chi connectivity index (χ2n) is 7.10. The first kappa shape index (κ1) is 17.4. The van der Waals surface area contributed by atoms with Crippen molar-refractivity contribution < 1.29 is 9.90 Å². The Kier molecular flexibility index (Phi) is 4.99. The number of nitrogens with one attached hydrogen (secondary N) is 2. The van der Waals surface area contributed by atoms with Crippen LogP contribution < -0.4 is 16.4 Å². The number of carbonyl (C=O) groups excluding carboxylic acids is 1. The van der Waals surface area contributed by atoms with Gasteiger partial charge in [0.2, 0.25) is 0 Å². The quantitative estimate of drug-likeness (QED) is 0.387. The van der Waals surface area contributed by atoms with E-state index in [0.29, 0.717) is 5.69 Å². The molecule has 0 aromatic heterocycles. The molecule has 0 aliphatic rings. The topological polar surface area (TPSA) is 87.4 Å². The van der Waals surface area contributed by atoms with Crippen LogP contribution in [0.15, 0.2) is 12.1 Å². The largest absolute Gasteiger partial charge is 0.504 e. The Hall–Kier alpha value is -1.62. The van der Waals surface area contributed by atoms with Crippen molar-refractivity contribution in [2.45, 2.75) is 46.6 Å². The average Bonchev–Trinajstić information content (AvgIpc) is 2.20. The standard InChI is InChI=1S/C15H24ClN3O2/c1-14(2,3)8-15(4,5)19-13(21)18-9-6-10(16)12(20)11(17)7-9/h6-7,20H,8,17H2,1-5H3,(H2,18,19,21). The van der Waals surface area contributed by atoms with Crippen molar-refractivity contribution in [2.75, 3.05) is 11.1 Å². The molecular formula is C15H24ClN3O2. The molecule has 6 heteroatoms. The Morgan fingerprint density at radius 3 is 2.33 bits per heavy atom. The number of phenolic OH excluding ortho intramolecular Hbond substituents is 1. The number of benzene rings is 1. The van der Waals surface area contributed by atoms with Gasteiger partial charge in [0.05, 0.1) is 10.7 Å². The Morgan fingerprint density at radius 2 is 1.86 bits per heavy atom. The van der Waals surface area contributed by atoms with Crippen LogP contribution in [0.3, 0.4) is 0 Å². The lowest BCUT2D eigenvalue weighted by atomic mass is 9.82. The molecule has 0 bridgehead atoms. The molecule has 118 valence electrons. The lowest BCUT2D eigenvalue weighted by Crippen LogP contribution is -2.47. The summed E-state index contributed by atoms with van der Waals surface area (Å²) in [4.78, 5) is 12.1. The lowest BCUT2D eigenvalue weighted by molar-refractivity contribution is 0.220. The van der Waals surface area contributed by atoms with E-state index in [-0.39, 0.29) is 33.4 Å². The van der Waals surface area contributed by atoms with Crippen molar-refractivity contribution in [3.63, 3.8) is 0 Å². The van der Waals surface area contributed by atoms with Gasteiger partial charge < -0.3 is 21.5 Å². The maximum absolute atomic E-state index is 12.1. The highest BCUT2D eigenvalue weighted by atomic mass is 35.5. The van der Waals surface area contributed by atoms with Gasteiger partial charge in [-0.3, -0.25) is 0 Å². The van der Waals surface area contributed by atoms with E-state index in [0.717, 1.165) is 6.42 Å². The average molecular weight is 314 g/mol. The van der Waals surface area contributed by atoms with Gasteiger partial charge in [0.15, 0.2) is 5.75 Å². The molecule has 0 unspecified atom stereocenters. The van der Waals surface area contributed by atoms with Crippen molar-refractivity contribution in [2.24, 2.45) is 5.41 Å². The number of nitrogen functional groups attached to an aromatic ring is 1. The summed E-state index contributed by atoms with van der Waals surface area (Å²) in [6, 6.07) is 2.56. The summed E-state index contributed by atoms with van der Waals surface area (Å²) in [6.07, 6.45) is 0.825. The highest BCUT2D eigenvalue weighted by Crippen LogP contribution is 2.33. The number of amides is 2. The molecule has 0 fully saturated rings. The zero-order valence-corrected chi connectivity index (χ0v) is 13.9. The fourth-order valence-electron chi connectivity index (χ4n) is 2.53. The molecule has 5 nitrogen and oxygen atoms in total.